The van der Waals surface area contributed by atoms with E-state index in [0.717, 1.165) is 16.9 Å². The Morgan fingerprint density at radius 2 is 1.79 bits per heavy atom. The van der Waals surface area contributed by atoms with Crippen molar-refractivity contribution in [2.45, 2.75) is 47.3 Å². The van der Waals surface area contributed by atoms with Crippen LogP contribution < -0.4 is 10.1 Å². The topological polar surface area (TPSA) is 38.3 Å². The van der Waals surface area contributed by atoms with Crippen LogP contribution in [-0.2, 0) is 6.61 Å². The summed E-state index contributed by atoms with van der Waals surface area (Å²) in [5.41, 5.74) is 7.04. The first-order chi connectivity index (χ1) is 13.3. The molecule has 1 amide bonds. The Hall–Kier alpha value is -2.59. The predicted molar refractivity (Wildman–Crippen MR) is 116 cm³/mol. The van der Waals surface area contributed by atoms with Crippen LogP contribution in [0.1, 0.15) is 56.0 Å². The molecule has 1 N–H and O–H groups in total. The average molecular weight is 394 g/mol. The molecule has 0 bridgehead atoms. The van der Waals surface area contributed by atoms with Crippen molar-refractivity contribution in [2.24, 2.45) is 0 Å². The number of hydrogen-bond acceptors (Lipinski definition) is 3. The molecule has 0 spiro atoms. The maximum Gasteiger partial charge on any atom is 0.261 e. The molecular weight excluding hydrogens is 366 g/mol. The van der Waals surface area contributed by atoms with Gasteiger partial charge in [0.2, 0.25) is 0 Å². The Morgan fingerprint density at radius 1 is 1.00 bits per heavy atom. The summed E-state index contributed by atoms with van der Waals surface area (Å²) in [6, 6.07) is 14.3. The van der Waals surface area contributed by atoms with Crippen molar-refractivity contribution in [1.82, 2.24) is 5.32 Å². The van der Waals surface area contributed by atoms with E-state index in [1.54, 1.807) is 0 Å². The van der Waals surface area contributed by atoms with Crippen LogP contribution in [0, 0.1) is 27.7 Å². The van der Waals surface area contributed by atoms with Crippen LogP contribution in [0.25, 0.3) is 0 Å². The second-order valence-electron chi connectivity index (χ2n) is 7.41. The predicted octanol–water partition coefficient (Wildman–Crippen LogP) is 6.05. The van der Waals surface area contributed by atoms with Gasteiger partial charge in [-0.3, -0.25) is 4.79 Å². The average Bonchev–Trinajstić information content (AvgIpc) is 3.12. The van der Waals surface area contributed by atoms with E-state index in [-0.39, 0.29) is 11.9 Å². The Bertz CT molecular complexity index is 990. The van der Waals surface area contributed by atoms with Crippen molar-refractivity contribution in [3.05, 3.63) is 86.1 Å². The monoisotopic (exact) mass is 393 g/mol. The number of hydrogen-bond donors (Lipinski definition) is 1. The second-order valence-corrected chi connectivity index (χ2v) is 8.32. The van der Waals surface area contributed by atoms with E-state index in [9.17, 15) is 4.79 Å². The third-order valence-electron chi connectivity index (χ3n) is 5.00. The summed E-state index contributed by atoms with van der Waals surface area (Å²) >= 11 is 1.45. The molecule has 0 radical (unpaired) electrons. The SMILES string of the molecule is Cc1ccc(C(C)NC(=O)c2cc(COc3ccc(C)c(C)c3)cs2)c(C)c1. The number of thiophene rings is 1. The van der Waals surface area contributed by atoms with Crippen LogP contribution in [0.2, 0.25) is 0 Å². The minimum atomic E-state index is -0.0464. The molecule has 3 nitrogen and oxygen atoms in total. The molecule has 3 aromatic rings. The molecule has 2 aromatic carbocycles. The lowest BCUT2D eigenvalue weighted by atomic mass is 10.0. The van der Waals surface area contributed by atoms with Crippen molar-refractivity contribution in [2.75, 3.05) is 0 Å². The molecule has 1 heterocycles. The summed E-state index contributed by atoms with van der Waals surface area (Å²) in [6.07, 6.45) is 0. The minimum absolute atomic E-state index is 0.0366. The van der Waals surface area contributed by atoms with E-state index in [2.05, 4.69) is 57.3 Å². The Kier molecular flexibility index (Phi) is 6.20. The molecule has 146 valence electrons. The van der Waals surface area contributed by atoms with Crippen molar-refractivity contribution in [3.8, 4) is 5.75 Å². The molecule has 3 rings (SSSR count). The number of nitrogens with one attached hydrogen (secondary N) is 1. The van der Waals surface area contributed by atoms with Gasteiger partial charge < -0.3 is 10.1 Å². The fraction of sp³-hybridized carbons (Fsp3) is 0.292. The van der Waals surface area contributed by atoms with Gasteiger partial charge in [-0.2, -0.15) is 0 Å². The third-order valence-corrected chi connectivity index (χ3v) is 5.98. The zero-order valence-electron chi connectivity index (χ0n) is 17.1. The van der Waals surface area contributed by atoms with Gasteiger partial charge >= 0.3 is 0 Å². The summed E-state index contributed by atoms with van der Waals surface area (Å²) < 4.78 is 5.87. The third kappa shape index (κ3) is 4.82. The van der Waals surface area contributed by atoms with E-state index in [4.69, 9.17) is 4.74 Å². The quantitative estimate of drug-likeness (QED) is 0.553. The van der Waals surface area contributed by atoms with Crippen molar-refractivity contribution < 1.29 is 9.53 Å². The lowest BCUT2D eigenvalue weighted by Gasteiger charge is -2.16. The van der Waals surface area contributed by atoms with Crippen molar-refractivity contribution >= 4 is 17.2 Å². The Balaban J connectivity index is 1.61. The number of aryl methyl sites for hydroxylation is 4. The number of carbonyl (C=O) groups excluding carboxylic acids is 1. The maximum absolute atomic E-state index is 12.6. The summed E-state index contributed by atoms with van der Waals surface area (Å²) in [4.78, 5) is 13.3. The smallest absolute Gasteiger partial charge is 0.261 e. The molecule has 0 aliphatic heterocycles. The molecule has 0 saturated carbocycles. The zero-order valence-corrected chi connectivity index (χ0v) is 17.9. The molecule has 28 heavy (non-hydrogen) atoms. The number of carbonyl (C=O) groups is 1. The second kappa shape index (κ2) is 8.61. The molecule has 0 fully saturated rings. The highest BCUT2D eigenvalue weighted by molar-refractivity contribution is 7.12. The largest absolute Gasteiger partial charge is 0.489 e. The highest BCUT2D eigenvalue weighted by atomic mass is 32.1. The van der Waals surface area contributed by atoms with E-state index in [0.29, 0.717) is 11.5 Å². The summed E-state index contributed by atoms with van der Waals surface area (Å²) in [5, 5.41) is 5.09. The number of ether oxygens (including phenoxy) is 1. The summed E-state index contributed by atoms with van der Waals surface area (Å²) in [5.74, 6) is 0.804. The molecule has 4 heteroatoms. The van der Waals surface area contributed by atoms with Crippen LogP contribution in [0.4, 0.5) is 0 Å². The Morgan fingerprint density at radius 3 is 2.50 bits per heavy atom. The lowest BCUT2D eigenvalue weighted by Crippen LogP contribution is -2.26. The Labute approximate surface area is 171 Å². The summed E-state index contributed by atoms with van der Waals surface area (Å²) in [7, 11) is 0. The normalized spacial score (nSPS) is 11.9. The standard InChI is InChI=1S/C24H27NO2S/c1-15-6-9-22(18(4)10-15)19(5)25-24(26)23-12-20(14-28-23)13-27-21-8-7-16(2)17(3)11-21/h6-12,14,19H,13H2,1-5H3,(H,25,26). The zero-order chi connectivity index (χ0) is 20.3. The van der Waals surface area contributed by atoms with E-state index >= 15 is 0 Å². The molecule has 1 unspecified atom stereocenters. The molecule has 1 aromatic heterocycles. The van der Waals surface area contributed by atoms with Gasteiger partial charge in [0, 0.05) is 5.56 Å². The highest BCUT2D eigenvalue weighted by Gasteiger charge is 2.15. The number of benzene rings is 2. The van der Waals surface area contributed by atoms with Gasteiger partial charge in [0.1, 0.15) is 12.4 Å². The fourth-order valence-corrected chi connectivity index (χ4v) is 4.00. The van der Waals surface area contributed by atoms with Crippen LogP contribution in [0.5, 0.6) is 5.75 Å². The van der Waals surface area contributed by atoms with Crippen molar-refractivity contribution in [1.29, 1.82) is 0 Å². The minimum Gasteiger partial charge on any atom is -0.489 e. The van der Waals surface area contributed by atoms with Gasteiger partial charge in [-0.1, -0.05) is 29.8 Å². The molecule has 0 aliphatic carbocycles. The van der Waals surface area contributed by atoms with Gasteiger partial charge in [0.15, 0.2) is 0 Å². The van der Waals surface area contributed by atoms with Gasteiger partial charge in [-0.25, -0.2) is 0 Å². The fourth-order valence-electron chi connectivity index (χ4n) is 3.20. The van der Waals surface area contributed by atoms with Crippen LogP contribution in [0.3, 0.4) is 0 Å². The highest BCUT2D eigenvalue weighted by Crippen LogP contribution is 2.22. The molecule has 0 aliphatic rings. The van der Waals surface area contributed by atoms with Crippen molar-refractivity contribution in [3.63, 3.8) is 0 Å². The van der Waals surface area contributed by atoms with Gasteiger partial charge in [0.05, 0.1) is 10.9 Å². The first kappa shape index (κ1) is 20.2. The van der Waals surface area contributed by atoms with E-state index in [1.807, 2.05) is 30.5 Å². The molecule has 0 saturated heterocycles. The van der Waals surface area contributed by atoms with Crippen LogP contribution in [0.15, 0.2) is 47.8 Å². The van der Waals surface area contributed by atoms with Crippen LogP contribution in [-0.4, -0.2) is 5.91 Å². The van der Waals surface area contributed by atoms with Crippen LogP contribution >= 0.6 is 11.3 Å². The number of amides is 1. The molecular formula is C24H27NO2S. The van der Waals surface area contributed by atoms with E-state index in [1.165, 1.54) is 33.6 Å². The lowest BCUT2D eigenvalue weighted by molar-refractivity contribution is 0.0944. The van der Waals surface area contributed by atoms with Gasteiger partial charge in [-0.15, -0.1) is 11.3 Å². The van der Waals surface area contributed by atoms with E-state index < -0.39 is 0 Å². The van der Waals surface area contributed by atoms with Gasteiger partial charge in [-0.05, 0) is 80.5 Å². The maximum atomic E-state index is 12.6. The first-order valence-electron chi connectivity index (χ1n) is 9.49. The summed E-state index contributed by atoms with van der Waals surface area (Å²) in [6.45, 7) is 10.8. The number of rotatable bonds is 6. The molecule has 1 atom stereocenters. The van der Waals surface area contributed by atoms with Gasteiger partial charge in [0.25, 0.3) is 5.91 Å². The first-order valence-corrected chi connectivity index (χ1v) is 10.4.